The van der Waals surface area contributed by atoms with E-state index in [1.54, 1.807) is 18.2 Å². The fourth-order valence-corrected chi connectivity index (χ4v) is 4.62. The molecule has 3 aromatic rings. The van der Waals surface area contributed by atoms with Gasteiger partial charge in [0.2, 0.25) is 0 Å². The van der Waals surface area contributed by atoms with Crippen LogP contribution in [0.2, 0.25) is 0 Å². The molecule has 7 nitrogen and oxygen atoms in total. The first-order chi connectivity index (χ1) is 15.6. The van der Waals surface area contributed by atoms with Crippen LogP contribution >= 0.6 is 11.8 Å². The Morgan fingerprint density at radius 3 is 2.56 bits per heavy atom. The predicted octanol–water partition coefficient (Wildman–Crippen LogP) is 4.09. The van der Waals surface area contributed by atoms with Crippen molar-refractivity contribution in [3.05, 3.63) is 65.5 Å². The van der Waals surface area contributed by atoms with Gasteiger partial charge in [0.15, 0.2) is 28.3 Å². The van der Waals surface area contributed by atoms with Crippen LogP contribution in [0.3, 0.4) is 0 Å². The quantitative estimate of drug-likeness (QED) is 0.358. The molecule has 2 aromatic carbocycles. The first-order valence-electron chi connectivity index (χ1n) is 10.8. The van der Waals surface area contributed by atoms with Crippen molar-refractivity contribution in [3.63, 3.8) is 0 Å². The Labute approximate surface area is 192 Å². The maximum absolute atomic E-state index is 12.9. The van der Waals surface area contributed by atoms with Crippen LogP contribution in [0.1, 0.15) is 41.1 Å². The Kier molecular flexibility index (Phi) is 7.12. The van der Waals surface area contributed by atoms with E-state index in [9.17, 15) is 4.79 Å². The van der Waals surface area contributed by atoms with E-state index >= 15 is 0 Å². The number of aromatic nitrogens is 3. The summed E-state index contributed by atoms with van der Waals surface area (Å²) in [6.45, 7) is 3.83. The molecule has 0 radical (unpaired) electrons. The van der Waals surface area contributed by atoms with Crippen molar-refractivity contribution < 1.29 is 14.3 Å². The van der Waals surface area contributed by atoms with Crippen LogP contribution in [0.4, 0.5) is 0 Å². The summed E-state index contributed by atoms with van der Waals surface area (Å²) in [5.74, 6) is 2.50. The van der Waals surface area contributed by atoms with Gasteiger partial charge < -0.3 is 14.0 Å². The first-order valence-corrected chi connectivity index (χ1v) is 11.7. The van der Waals surface area contributed by atoms with Crippen LogP contribution in [0.5, 0.6) is 11.5 Å². The average molecular weight is 453 g/mol. The molecule has 0 saturated heterocycles. The van der Waals surface area contributed by atoms with Crippen molar-refractivity contribution in [2.45, 2.75) is 31.1 Å². The lowest BCUT2D eigenvalue weighted by Gasteiger charge is -2.23. The van der Waals surface area contributed by atoms with Crippen LogP contribution in [0.25, 0.3) is 0 Å². The van der Waals surface area contributed by atoms with E-state index in [0.29, 0.717) is 36.8 Å². The fourth-order valence-electron chi connectivity index (χ4n) is 3.78. The second kappa shape index (κ2) is 10.2. The molecule has 168 valence electrons. The Morgan fingerprint density at radius 1 is 1.09 bits per heavy atom. The molecular weight excluding hydrogens is 424 g/mol. The average Bonchev–Trinajstić information content (AvgIpc) is 3.20. The van der Waals surface area contributed by atoms with Gasteiger partial charge in [0, 0.05) is 5.56 Å². The second-order valence-electron chi connectivity index (χ2n) is 7.87. The van der Waals surface area contributed by atoms with Gasteiger partial charge in [0.25, 0.3) is 0 Å². The number of fused-ring (bicyclic) bond motifs is 1. The maximum atomic E-state index is 12.9. The molecule has 8 heteroatoms. The molecule has 4 rings (SSSR count). The van der Waals surface area contributed by atoms with E-state index < -0.39 is 0 Å². The van der Waals surface area contributed by atoms with Gasteiger partial charge >= 0.3 is 0 Å². The summed E-state index contributed by atoms with van der Waals surface area (Å²) in [5, 5.41) is 9.71. The molecule has 0 fully saturated rings. The topological polar surface area (TPSA) is 69.5 Å². The summed E-state index contributed by atoms with van der Waals surface area (Å²) in [7, 11) is 4.10. The van der Waals surface area contributed by atoms with Crippen LogP contribution < -0.4 is 9.47 Å². The van der Waals surface area contributed by atoms with E-state index in [0.717, 1.165) is 17.4 Å². The zero-order chi connectivity index (χ0) is 22.5. The minimum absolute atomic E-state index is 0.0161. The Bertz CT molecular complexity index is 1070. The molecule has 32 heavy (non-hydrogen) atoms. The number of rotatable bonds is 9. The van der Waals surface area contributed by atoms with Gasteiger partial charge in [-0.1, -0.05) is 49.0 Å². The number of nitrogens with zero attached hydrogens (tertiary/aromatic N) is 4. The number of benzene rings is 2. The molecule has 0 unspecified atom stereocenters. The normalized spacial score (nSPS) is 13.9. The highest BCUT2D eigenvalue weighted by Crippen LogP contribution is 2.32. The molecule has 1 aromatic heterocycles. The summed E-state index contributed by atoms with van der Waals surface area (Å²) in [5.41, 5.74) is 1.78. The number of hydrogen-bond acceptors (Lipinski definition) is 7. The summed E-state index contributed by atoms with van der Waals surface area (Å²) < 4.78 is 13.3. The van der Waals surface area contributed by atoms with Gasteiger partial charge in [-0.25, -0.2) is 0 Å². The molecule has 1 atom stereocenters. The molecule has 0 bridgehead atoms. The molecular formula is C24H28N4O3S. The second-order valence-corrected chi connectivity index (χ2v) is 8.81. The smallest absolute Gasteiger partial charge is 0.192 e. The summed E-state index contributed by atoms with van der Waals surface area (Å²) in [6, 6.07) is 15.7. The predicted molar refractivity (Wildman–Crippen MR) is 125 cm³/mol. The number of carbonyl (C=O) groups excluding carboxylic acids is 1. The highest BCUT2D eigenvalue weighted by atomic mass is 32.2. The SMILES string of the molecule is CC[C@H](c1nnc(SCC(=O)c2ccc3c(c2)OCCO3)n1Cc1ccccc1)N(C)C. The summed E-state index contributed by atoms with van der Waals surface area (Å²) in [6.07, 6.45) is 0.917. The number of ether oxygens (including phenoxy) is 2. The third-order valence-corrected chi connectivity index (χ3v) is 6.40. The molecule has 0 saturated carbocycles. The van der Waals surface area contributed by atoms with Crippen LogP contribution in [0, 0.1) is 0 Å². The van der Waals surface area contributed by atoms with E-state index in [4.69, 9.17) is 9.47 Å². The molecule has 1 aliphatic rings. The zero-order valence-corrected chi connectivity index (χ0v) is 19.5. The molecule has 0 spiro atoms. The van der Waals surface area contributed by atoms with Gasteiger partial charge in [0.05, 0.1) is 18.3 Å². The van der Waals surface area contributed by atoms with Crippen molar-refractivity contribution in [1.82, 2.24) is 19.7 Å². The third kappa shape index (κ3) is 4.97. The van der Waals surface area contributed by atoms with Gasteiger partial charge in [-0.2, -0.15) is 0 Å². The largest absolute Gasteiger partial charge is 0.486 e. The first kappa shape index (κ1) is 22.4. The molecule has 0 N–H and O–H groups in total. The van der Waals surface area contributed by atoms with E-state index in [1.807, 2.05) is 32.3 Å². The maximum Gasteiger partial charge on any atom is 0.192 e. The van der Waals surface area contributed by atoms with Gasteiger partial charge in [-0.3, -0.25) is 9.69 Å². The molecule has 0 aliphatic carbocycles. The van der Waals surface area contributed by atoms with Crippen LogP contribution in [0.15, 0.2) is 53.7 Å². The number of thioether (sulfide) groups is 1. The van der Waals surface area contributed by atoms with Gasteiger partial charge in [-0.05, 0) is 44.3 Å². The standard InChI is InChI=1S/C24H28N4O3S/c1-4-19(27(2)3)23-25-26-24(28(23)15-17-8-6-5-7-9-17)32-16-20(29)18-10-11-21-22(14-18)31-13-12-30-21/h5-11,14,19H,4,12-13,15-16H2,1-3H3/t19-/m1/s1. The zero-order valence-electron chi connectivity index (χ0n) is 18.7. The van der Waals surface area contributed by atoms with E-state index in [1.165, 1.54) is 17.3 Å². The summed E-state index contributed by atoms with van der Waals surface area (Å²) >= 11 is 1.42. The van der Waals surface area contributed by atoms with E-state index in [2.05, 4.69) is 38.7 Å². The number of carbonyl (C=O) groups is 1. The van der Waals surface area contributed by atoms with Gasteiger partial charge in [-0.15, -0.1) is 10.2 Å². The van der Waals surface area contributed by atoms with Crippen molar-refractivity contribution in [1.29, 1.82) is 0 Å². The fraction of sp³-hybridized carbons (Fsp3) is 0.375. The Hall–Kier alpha value is -2.84. The van der Waals surface area contributed by atoms with Crippen molar-refractivity contribution >= 4 is 17.5 Å². The highest BCUT2D eigenvalue weighted by Gasteiger charge is 2.23. The van der Waals surface area contributed by atoms with E-state index in [-0.39, 0.29) is 17.6 Å². The van der Waals surface area contributed by atoms with Crippen molar-refractivity contribution in [2.75, 3.05) is 33.1 Å². The highest BCUT2D eigenvalue weighted by molar-refractivity contribution is 7.99. The number of ketones is 1. The monoisotopic (exact) mass is 452 g/mol. The minimum atomic E-state index is 0.0161. The van der Waals surface area contributed by atoms with Crippen LogP contribution in [-0.4, -0.2) is 58.5 Å². The van der Waals surface area contributed by atoms with Gasteiger partial charge in [0.1, 0.15) is 13.2 Å². The molecule has 0 amide bonds. The van der Waals surface area contributed by atoms with Crippen LogP contribution in [-0.2, 0) is 6.54 Å². The lowest BCUT2D eigenvalue weighted by molar-refractivity contribution is 0.102. The third-order valence-electron chi connectivity index (χ3n) is 5.43. The van der Waals surface area contributed by atoms with Crippen molar-refractivity contribution in [2.24, 2.45) is 0 Å². The Balaban J connectivity index is 1.55. The minimum Gasteiger partial charge on any atom is -0.486 e. The number of hydrogen-bond donors (Lipinski definition) is 0. The molecule has 1 aliphatic heterocycles. The lowest BCUT2D eigenvalue weighted by atomic mass is 10.1. The summed E-state index contributed by atoms with van der Waals surface area (Å²) in [4.78, 5) is 15.0. The number of Topliss-reactive ketones (excluding diaryl/α,β-unsaturated/α-hetero) is 1. The Morgan fingerprint density at radius 2 is 1.84 bits per heavy atom. The molecule has 2 heterocycles. The lowest BCUT2D eigenvalue weighted by Crippen LogP contribution is -2.23. The van der Waals surface area contributed by atoms with Crippen molar-refractivity contribution in [3.8, 4) is 11.5 Å².